The molecular weight excluding hydrogens is 352 g/mol. The first kappa shape index (κ1) is 18.9. The van der Waals surface area contributed by atoms with Crippen molar-refractivity contribution in [1.29, 1.82) is 0 Å². The molecule has 0 bridgehead atoms. The minimum absolute atomic E-state index is 0.0605. The molecule has 1 saturated heterocycles. The van der Waals surface area contributed by atoms with Crippen LogP contribution in [0.5, 0.6) is 0 Å². The van der Waals surface area contributed by atoms with Crippen molar-refractivity contribution in [3.8, 4) is 0 Å². The Bertz CT molecular complexity index is 843. The normalized spacial score (nSPS) is 16.9. The van der Waals surface area contributed by atoms with E-state index in [9.17, 15) is 9.59 Å². The van der Waals surface area contributed by atoms with Gasteiger partial charge in [0.05, 0.1) is 29.7 Å². The van der Waals surface area contributed by atoms with E-state index in [1.54, 1.807) is 34.5 Å². The molecule has 0 saturated carbocycles. The van der Waals surface area contributed by atoms with Crippen LogP contribution in [0.15, 0.2) is 28.2 Å². The van der Waals surface area contributed by atoms with Crippen LogP contribution in [0.4, 0.5) is 0 Å². The number of benzene rings is 1. The number of hydrogen-bond acceptors (Lipinski definition) is 6. The van der Waals surface area contributed by atoms with Gasteiger partial charge in [0.25, 0.3) is 5.56 Å². The van der Waals surface area contributed by atoms with Gasteiger partial charge in [-0.25, -0.2) is 9.78 Å². The maximum absolute atomic E-state index is 13.0. The molecular formula is C19H24N2O4S. The Morgan fingerprint density at radius 1 is 1.46 bits per heavy atom. The molecule has 1 atom stereocenters. The maximum Gasteiger partial charge on any atom is 0.337 e. The molecule has 140 valence electrons. The lowest BCUT2D eigenvalue weighted by Gasteiger charge is -2.14. The molecule has 2 aromatic rings. The highest BCUT2D eigenvalue weighted by atomic mass is 32.2. The molecule has 1 aliphatic heterocycles. The molecule has 0 radical (unpaired) electrons. The first-order chi connectivity index (χ1) is 12.6. The van der Waals surface area contributed by atoms with E-state index in [1.807, 2.05) is 0 Å². The Morgan fingerprint density at radius 2 is 2.31 bits per heavy atom. The average Bonchev–Trinajstić information content (AvgIpc) is 3.18. The number of aromatic nitrogens is 2. The van der Waals surface area contributed by atoms with Gasteiger partial charge in [0, 0.05) is 18.9 Å². The first-order valence-corrected chi connectivity index (χ1v) is 10.00. The predicted octanol–water partition coefficient (Wildman–Crippen LogP) is 3.25. The van der Waals surface area contributed by atoms with E-state index in [0.29, 0.717) is 28.2 Å². The number of esters is 1. The van der Waals surface area contributed by atoms with Crippen molar-refractivity contribution in [2.45, 2.75) is 50.4 Å². The molecule has 0 N–H and O–H groups in total. The molecule has 1 fully saturated rings. The second-order valence-corrected chi connectivity index (χ2v) is 7.36. The second-order valence-electron chi connectivity index (χ2n) is 6.37. The maximum atomic E-state index is 13.0. The summed E-state index contributed by atoms with van der Waals surface area (Å²) >= 11 is 1.55. The molecule has 0 unspecified atom stereocenters. The number of rotatable bonds is 7. The number of ether oxygens (including phenoxy) is 2. The number of hydrogen-bond donors (Lipinski definition) is 0. The predicted molar refractivity (Wildman–Crippen MR) is 102 cm³/mol. The Morgan fingerprint density at radius 3 is 3.00 bits per heavy atom. The van der Waals surface area contributed by atoms with Gasteiger partial charge in [-0.2, -0.15) is 0 Å². The summed E-state index contributed by atoms with van der Waals surface area (Å²) in [6, 6.07) is 4.90. The fraction of sp³-hybridized carbons (Fsp3) is 0.526. The number of carbonyl (C=O) groups excluding carboxylic acids is 1. The first-order valence-electron chi connectivity index (χ1n) is 9.01. The Hall–Kier alpha value is -1.86. The zero-order valence-corrected chi connectivity index (χ0v) is 16.0. The molecule has 1 aromatic carbocycles. The highest BCUT2D eigenvalue weighted by Crippen LogP contribution is 2.24. The molecule has 3 rings (SSSR count). The van der Waals surface area contributed by atoms with Crippen LogP contribution in [0, 0.1) is 0 Å². The van der Waals surface area contributed by atoms with Gasteiger partial charge in [-0.3, -0.25) is 9.36 Å². The van der Waals surface area contributed by atoms with Crippen LogP contribution in [0.25, 0.3) is 10.9 Å². The molecule has 7 heteroatoms. The van der Waals surface area contributed by atoms with Crippen molar-refractivity contribution in [2.75, 3.05) is 19.5 Å². The average molecular weight is 376 g/mol. The molecule has 26 heavy (non-hydrogen) atoms. The fourth-order valence-electron chi connectivity index (χ4n) is 3.01. The number of thioether (sulfide) groups is 1. The number of nitrogens with zero attached hydrogens (tertiary/aromatic N) is 2. The standard InChI is InChI=1S/C19H24N2O4S/c1-3-4-9-21-17(22)15-8-7-13(18(23)24-2)11-16(15)20-19(21)26-12-14-6-5-10-25-14/h7-8,11,14H,3-6,9-10,12H2,1-2H3/t14-/m0/s1. The van der Waals surface area contributed by atoms with Crippen molar-refractivity contribution < 1.29 is 14.3 Å². The number of carbonyl (C=O) groups is 1. The molecule has 0 amide bonds. The van der Waals surface area contributed by atoms with Gasteiger partial charge in [-0.15, -0.1) is 0 Å². The van der Waals surface area contributed by atoms with E-state index in [1.165, 1.54) is 7.11 Å². The lowest BCUT2D eigenvalue weighted by atomic mass is 10.1. The molecule has 1 aromatic heterocycles. The van der Waals surface area contributed by atoms with Crippen LogP contribution in [-0.2, 0) is 16.0 Å². The number of methoxy groups -OCH3 is 1. The lowest BCUT2D eigenvalue weighted by molar-refractivity contribution is 0.0601. The summed E-state index contributed by atoms with van der Waals surface area (Å²) in [4.78, 5) is 29.4. The van der Waals surface area contributed by atoms with Crippen LogP contribution in [0.2, 0.25) is 0 Å². The van der Waals surface area contributed by atoms with Gasteiger partial charge in [-0.05, 0) is 37.5 Å². The van der Waals surface area contributed by atoms with Crippen LogP contribution >= 0.6 is 11.8 Å². The summed E-state index contributed by atoms with van der Waals surface area (Å²) in [7, 11) is 1.34. The van der Waals surface area contributed by atoms with Gasteiger partial charge in [-0.1, -0.05) is 25.1 Å². The number of fused-ring (bicyclic) bond motifs is 1. The summed E-state index contributed by atoms with van der Waals surface area (Å²) in [5.41, 5.74) is 0.864. The van der Waals surface area contributed by atoms with Crippen molar-refractivity contribution in [3.05, 3.63) is 34.1 Å². The topological polar surface area (TPSA) is 70.4 Å². The van der Waals surface area contributed by atoms with Crippen molar-refractivity contribution in [3.63, 3.8) is 0 Å². The van der Waals surface area contributed by atoms with Crippen LogP contribution in [0.1, 0.15) is 43.0 Å². The van der Waals surface area contributed by atoms with Crippen LogP contribution < -0.4 is 5.56 Å². The van der Waals surface area contributed by atoms with E-state index in [2.05, 4.69) is 11.9 Å². The summed E-state index contributed by atoms with van der Waals surface area (Å²) in [6.45, 7) is 3.55. The summed E-state index contributed by atoms with van der Waals surface area (Å²) in [6.07, 6.45) is 4.27. The van der Waals surface area contributed by atoms with Crippen molar-refractivity contribution >= 4 is 28.6 Å². The van der Waals surface area contributed by atoms with E-state index >= 15 is 0 Å². The molecule has 0 spiro atoms. The molecule has 2 heterocycles. The Labute approximate surface area is 156 Å². The monoisotopic (exact) mass is 376 g/mol. The van der Waals surface area contributed by atoms with E-state index in [-0.39, 0.29) is 11.7 Å². The van der Waals surface area contributed by atoms with Crippen LogP contribution in [0.3, 0.4) is 0 Å². The largest absolute Gasteiger partial charge is 0.465 e. The highest BCUT2D eigenvalue weighted by Gasteiger charge is 2.19. The van der Waals surface area contributed by atoms with Crippen LogP contribution in [-0.4, -0.2) is 41.1 Å². The van der Waals surface area contributed by atoms with Gasteiger partial charge in [0.2, 0.25) is 0 Å². The highest BCUT2D eigenvalue weighted by molar-refractivity contribution is 7.99. The van der Waals surface area contributed by atoms with Gasteiger partial charge in [0.1, 0.15) is 0 Å². The summed E-state index contributed by atoms with van der Waals surface area (Å²) < 4.78 is 12.2. The van der Waals surface area contributed by atoms with E-state index in [0.717, 1.165) is 38.0 Å². The quantitative estimate of drug-likeness (QED) is 0.420. The second kappa shape index (κ2) is 8.68. The zero-order valence-electron chi connectivity index (χ0n) is 15.2. The Kier molecular flexibility index (Phi) is 6.32. The number of unbranched alkanes of at least 4 members (excludes halogenated alkanes) is 1. The summed E-state index contributed by atoms with van der Waals surface area (Å²) in [5.74, 6) is 0.346. The third kappa shape index (κ3) is 4.10. The smallest absolute Gasteiger partial charge is 0.337 e. The van der Waals surface area contributed by atoms with E-state index in [4.69, 9.17) is 9.47 Å². The third-order valence-electron chi connectivity index (χ3n) is 4.50. The minimum Gasteiger partial charge on any atom is -0.465 e. The molecule has 6 nitrogen and oxygen atoms in total. The lowest BCUT2D eigenvalue weighted by Crippen LogP contribution is -2.24. The SMILES string of the molecule is CCCCn1c(SC[C@@H]2CCCO2)nc2cc(C(=O)OC)ccc2c1=O. The van der Waals surface area contributed by atoms with Gasteiger partial charge < -0.3 is 9.47 Å². The van der Waals surface area contributed by atoms with Gasteiger partial charge >= 0.3 is 5.97 Å². The van der Waals surface area contributed by atoms with E-state index < -0.39 is 5.97 Å². The molecule has 0 aliphatic carbocycles. The third-order valence-corrected chi connectivity index (χ3v) is 5.61. The van der Waals surface area contributed by atoms with Gasteiger partial charge in [0.15, 0.2) is 5.16 Å². The minimum atomic E-state index is -0.433. The Balaban J connectivity index is 1.99. The van der Waals surface area contributed by atoms with Crippen molar-refractivity contribution in [2.24, 2.45) is 0 Å². The zero-order chi connectivity index (χ0) is 18.5. The fourth-order valence-corrected chi connectivity index (χ4v) is 4.10. The summed E-state index contributed by atoms with van der Waals surface area (Å²) in [5, 5.41) is 1.21. The molecule has 1 aliphatic rings. The van der Waals surface area contributed by atoms with Crippen molar-refractivity contribution in [1.82, 2.24) is 9.55 Å².